The maximum absolute atomic E-state index is 12.5. The second kappa shape index (κ2) is 9.93. The SMILES string of the molecule is Cc1cc(CSc2ccccc2C(=O)OCC(=O)N[C@@H](C)c2ccccc2)no1. The standard InChI is InChI=1S/C22H22N2O4S/c1-15-12-18(24-28-15)14-29-20-11-7-6-10-19(20)22(26)27-13-21(25)23-16(2)17-8-4-3-5-9-17/h3-12,16H,13-14H2,1-2H3,(H,23,25)/t16-/m0/s1. The highest BCUT2D eigenvalue weighted by molar-refractivity contribution is 7.98. The van der Waals surface area contributed by atoms with E-state index < -0.39 is 5.97 Å². The van der Waals surface area contributed by atoms with Gasteiger partial charge in [0.25, 0.3) is 5.91 Å². The van der Waals surface area contributed by atoms with Crippen LogP contribution in [0.3, 0.4) is 0 Å². The quantitative estimate of drug-likeness (QED) is 0.440. The minimum atomic E-state index is -0.535. The number of benzene rings is 2. The first-order valence-electron chi connectivity index (χ1n) is 9.18. The van der Waals surface area contributed by atoms with Crippen molar-refractivity contribution in [2.75, 3.05) is 6.61 Å². The topological polar surface area (TPSA) is 81.4 Å². The lowest BCUT2D eigenvalue weighted by atomic mass is 10.1. The van der Waals surface area contributed by atoms with Crippen molar-refractivity contribution in [1.29, 1.82) is 0 Å². The van der Waals surface area contributed by atoms with E-state index in [1.165, 1.54) is 11.8 Å². The number of carbonyl (C=O) groups excluding carboxylic acids is 2. The third-order valence-corrected chi connectivity index (χ3v) is 5.28. The zero-order chi connectivity index (χ0) is 20.6. The van der Waals surface area contributed by atoms with Gasteiger partial charge in [0, 0.05) is 16.7 Å². The minimum absolute atomic E-state index is 0.170. The Bertz CT molecular complexity index is 972. The largest absolute Gasteiger partial charge is 0.452 e. The fourth-order valence-electron chi connectivity index (χ4n) is 2.72. The first kappa shape index (κ1) is 20.7. The Balaban J connectivity index is 1.54. The highest BCUT2D eigenvalue weighted by Crippen LogP contribution is 2.26. The summed E-state index contributed by atoms with van der Waals surface area (Å²) < 4.78 is 10.3. The number of aromatic nitrogens is 1. The zero-order valence-corrected chi connectivity index (χ0v) is 17.1. The summed E-state index contributed by atoms with van der Waals surface area (Å²) in [6, 6.07) is 18.4. The molecule has 0 aliphatic rings. The van der Waals surface area contributed by atoms with E-state index in [2.05, 4.69) is 10.5 Å². The van der Waals surface area contributed by atoms with Crippen LogP contribution in [0.2, 0.25) is 0 Å². The lowest BCUT2D eigenvalue weighted by Gasteiger charge is -2.14. The lowest BCUT2D eigenvalue weighted by Crippen LogP contribution is -2.31. The predicted molar refractivity (Wildman–Crippen MR) is 111 cm³/mol. The fourth-order valence-corrected chi connectivity index (χ4v) is 3.64. The lowest BCUT2D eigenvalue weighted by molar-refractivity contribution is -0.124. The first-order valence-corrected chi connectivity index (χ1v) is 10.2. The number of carbonyl (C=O) groups is 2. The number of hydrogen-bond acceptors (Lipinski definition) is 6. The van der Waals surface area contributed by atoms with Gasteiger partial charge in [0.15, 0.2) is 6.61 Å². The van der Waals surface area contributed by atoms with Crippen LogP contribution in [0.4, 0.5) is 0 Å². The van der Waals surface area contributed by atoms with Crippen LogP contribution in [0.1, 0.15) is 40.3 Å². The average molecular weight is 410 g/mol. The number of nitrogens with one attached hydrogen (secondary N) is 1. The highest BCUT2D eigenvalue weighted by atomic mass is 32.2. The van der Waals surface area contributed by atoms with E-state index in [-0.39, 0.29) is 18.6 Å². The van der Waals surface area contributed by atoms with E-state index in [1.807, 2.05) is 62.4 Å². The summed E-state index contributed by atoms with van der Waals surface area (Å²) in [6.45, 7) is 3.38. The van der Waals surface area contributed by atoms with Crippen molar-refractivity contribution < 1.29 is 18.8 Å². The molecule has 1 N–H and O–H groups in total. The van der Waals surface area contributed by atoms with Gasteiger partial charge in [-0.2, -0.15) is 0 Å². The molecule has 0 bridgehead atoms. The second-order valence-electron chi connectivity index (χ2n) is 6.49. The molecule has 1 atom stereocenters. The van der Waals surface area contributed by atoms with Crippen molar-refractivity contribution in [1.82, 2.24) is 10.5 Å². The molecule has 150 valence electrons. The first-order chi connectivity index (χ1) is 14.0. The maximum atomic E-state index is 12.5. The molecule has 29 heavy (non-hydrogen) atoms. The molecule has 0 fully saturated rings. The van der Waals surface area contributed by atoms with Crippen LogP contribution < -0.4 is 5.32 Å². The van der Waals surface area contributed by atoms with Crippen LogP contribution in [-0.2, 0) is 15.3 Å². The summed E-state index contributed by atoms with van der Waals surface area (Å²) >= 11 is 1.46. The molecular weight excluding hydrogens is 388 g/mol. The number of thioether (sulfide) groups is 1. The summed E-state index contributed by atoms with van der Waals surface area (Å²) in [7, 11) is 0. The van der Waals surface area contributed by atoms with Crippen LogP contribution in [-0.4, -0.2) is 23.6 Å². The molecule has 1 aromatic heterocycles. The minimum Gasteiger partial charge on any atom is -0.452 e. The van der Waals surface area contributed by atoms with Crippen molar-refractivity contribution in [3.05, 3.63) is 83.2 Å². The van der Waals surface area contributed by atoms with Gasteiger partial charge in [-0.05, 0) is 31.5 Å². The maximum Gasteiger partial charge on any atom is 0.339 e. The molecule has 0 radical (unpaired) electrons. The summed E-state index contributed by atoms with van der Waals surface area (Å²) in [5, 5.41) is 6.78. The van der Waals surface area contributed by atoms with Crippen molar-refractivity contribution in [2.45, 2.75) is 30.5 Å². The number of aryl methyl sites for hydroxylation is 1. The normalized spacial score (nSPS) is 11.7. The molecule has 0 saturated heterocycles. The molecule has 3 rings (SSSR count). The number of nitrogens with zero attached hydrogens (tertiary/aromatic N) is 1. The molecule has 3 aromatic rings. The fraction of sp³-hybridized carbons (Fsp3) is 0.227. The van der Waals surface area contributed by atoms with Crippen molar-refractivity contribution in [3.63, 3.8) is 0 Å². The van der Waals surface area contributed by atoms with E-state index in [9.17, 15) is 9.59 Å². The molecule has 1 amide bonds. The Morgan fingerprint density at radius 2 is 1.86 bits per heavy atom. The monoisotopic (exact) mass is 410 g/mol. The third kappa shape index (κ3) is 5.96. The average Bonchev–Trinajstić information content (AvgIpc) is 3.16. The van der Waals surface area contributed by atoms with Crippen LogP contribution in [0.25, 0.3) is 0 Å². The Hall–Kier alpha value is -3.06. The van der Waals surface area contributed by atoms with Gasteiger partial charge in [-0.3, -0.25) is 4.79 Å². The number of hydrogen-bond donors (Lipinski definition) is 1. The van der Waals surface area contributed by atoms with Crippen LogP contribution >= 0.6 is 11.8 Å². The Morgan fingerprint density at radius 1 is 1.14 bits per heavy atom. The Kier molecular flexibility index (Phi) is 7.08. The van der Waals surface area contributed by atoms with Crippen molar-refractivity contribution in [2.24, 2.45) is 0 Å². The summed E-state index contributed by atoms with van der Waals surface area (Å²) in [4.78, 5) is 25.4. The molecule has 0 unspecified atom stereocenters. The van der Waals surface area contributed by atoms with Gasteiger partial charge in [0.05, 0.1) is 17.3 Å². The van der Waals surface area contributed by atoms with Gasteiger partial charge in [0.1, 0.15) is 5.76 Å². The van der Waals surface area contributed by atoms with E-state index >= 15 is 0 Å². The van der Waals surface area contributed by atoms with Crippen LogP contribution in [0, 0.1) is 6.92 Å². The Labute approximate surface area is 173 Å². The van der Waals surface area contributed by atoms with Crippen molar-refractivity contribution >= 4 is 23.6 Å². The molecule has 1 heterocycles. The summed E-state index contributed by atoms with van der Waals surface area (Å²) in [6.07, 6.45) is 0. The zero-order valence-electron chi connectivity index (χ0n) is 16.3. The molecule has 0 aliphatic heterocycles. The molecule has 0 spiro atoms. The molecule has 7 heteroatoms. The van der Waals surface area contributed by atoms with E-state index in [1.54, 1.807) is 12.1 Å². The van der Waals surface area contributed by atoms with E-state index in [4.69, 9.17) is 9.26 Å². The molecular formula is C22H22N2O4S. The number of esters is 1. The molecule has 6 nitrogen and oxygen atoms in total. The van der Waals surface area contributed by atoms with Gasteiger partial charge >= 0.3 is 5.97 Å². The molecule has 0 saturated carbocycles. The van der Waals surface area contributed by atoms with Crippen LogP contribution in [0.15, 0.2) is 70.1 Å². The highest BCUT2D eigenvalue weighted by Gasteiger charge is 2.16. The van der Waals surface area contributed by atoms with Gasteiger partial charge in [-0.1, -0.05) is 47.6 Å². The number of amides is 1. The Morgan fingerprint density at radius 3 is 2.59 bits per heavy atom. The van der Waals surface area contributed by atoms with Gasteiger partial charge < -0.3 is 14.6 Å². The summed E-state index contributed by atoms with van der Waals surface area (Å²) in [5.74, 6) is 0.422. The van der Waals surface area contributed by atoms with Gasteiger partial charge in [-0.25, -0.2) is 4.79 Å². The van der Waals surface area contributed by atoms with E-state index in [0.717, 1.165) is 21.9 Å². The summed E-state index contributed by atoms with van der Waals surface area (Å²) in [5.41, 5.74) is 2.20. The number of ether oxygens (including phenoxy) is 1. The second-order valence-corrected chi connectivity index (χ2v) is 7.51. The number of rotatable bonds is 8. The van der Waals surface area contributed by atoms with Crippen LogP contribution in [0.5, 0.6) is 0 Å². The smallest absolute Gasteiger partial charge is 0.339 e. The van der Waals surface area contributed by atoms with Crippen molar-refractivity contribution in [3.8, 4) is 0 Å². The van der Waals surface area contributed by atoms with E-state index in [0.29, 0.717) is 11.3 Å². The molecule has 2 aromatic carbocycles. The molecule has 0 aliphatic carbocycles. The van der Waals surface area contributed by atoms with Gasteiger partial charge in [-0.15, -0.1) is 11.8 Å². The third-order valence-electron chi connectivity index (χ3n) is 4.17. The predicted octanol–water partition coefficient (Wildman–Crippen LogP) is 4.31. The van der Waals surface area contributed by atoms with Gasteiger partial charge in [0.2, 0.25) is 0 Å².